The fraction of sp³-hybridized carbons (Fsp3) is 0.929. The second-order valence-corrected chi connectivity index (χ2v) is 5.59. The lowest BCUT2D eigenvalue weighted by Gasteiger charge is -2.35. The number of rotatable bonds is 7. The van der Waals surface area contributed by atoms with E-state index in [1.165, 1.54) is 0 Å². The van der Waals surface area contributed by atoms with Gasteiger partial charge >= 0.3 is 0 Å². The van der Waals surface area contributed by atoms with E-state index in [2.05, 4.69) is 18.7 Å². The molecule has 1 rings (SSSR count). The Morgan fingerprint density at radius 1 is 1.21 bits per heavy atom. The van der Waals surface area contributed by atoms with Gasteiger partial charge < -0.3 is 14.7 Å². The van der Waals surface area contributed by atoms with E-state index in [9.17, 15) is 4.79 Å². The Hall–Kier alpha value is -0.650. The van der Waals surface area contributed by atoms with E-state index in [1.54, 1.807) is 0 Å². The third kappa shape index (κ3) is 5.89. The molecule has 0 spiro atoms. The number of piperazine rings is 1. The average Bonchev–Trinajstić information content (AvgIpc) is 2.38. The smallest absolute Gasteiger partial charge is 0.251 e. The van der Waals surface area contributed by atoms with Crippen LogP contribution in [0.2, 0.25) is 0 Å². The van der Waals surface area contributed by atoms with Crippen molar-refractivity contribution >= 4 is 5.91 Å². The summed E-state index contributed by atoms with van der Waals surface area (Å²) in [4.78, 5) is 16.2. The van der Waals surface area contributed by atoms with Gasteiger partial charge in [-0.3, -0.25) is 9.69 Å². The van der Waals surface area contributed by atoms with Crippen LogP contribution in [0.4, 0.5) is 0 Å². The van der Waals surface area contributed by atoms with Crippen molar-refractivity contribution < 1.29 is 14.6 Å². The van der Waals surface area contributed by atoms with Crippen LogP contribution in [0.15, 0.2) is 0 Å². The second kappa shape index (κ2) is 8.51. The summed E-state index contributed by atoms with van der Waals surface area (Å²) in [5.41, 5.74) is 0. The number of carbonyl (C=O) groups is 1. The molecule has 0 bridgehead atoms. The Balaban J connectivity index is 2.26. The molecule has 0 aromatic heterocycles. The number of ether oxygens (including phenoxy) is 1. The Kier molecular flexibility index (Phi) is 7.34. The first-order valence-corrected chi connectivity index (χ1v) is 7.28. The molecule has 1 aliphatic heterocycles. The van der Waals surface area contributed by atoms with Gasteiger partial charge in [-0.05, 0) is 19.3 Å². The standard InChI is InChI=1S/C14H28N2O3/c1-12(2)4-11-19-13(3)14(18)16-7-5-15(6-8-16)9-10-17/h12-13,17H,4-11H2,1-3H3. The van der Waals surface area contributed by atoms with E-state index in [-0.39, 0.29) is 18.6 Å². The minimum atomic E-state index is -0.344. The number of carbonyl (C=O) groups excluding carboxylic acids is 1. The van der Waals surface area contributed by atoms with Crippen molar-refractivity contribution in [2.45, 2.75) is 33.3 Å². The van der Waals surface area contributed by atoms with Crippen molar-refractivity contribution in [1.29, 1.82) is 0 Å². The summed E-state index contributed by atoms with van der Waals surface area (Å²) in [7, 11) is 0. The van der Waals surface area contributed by atoms with Crippen LogP contribution in [-0.2, 0) is 9.53 Å². The van der Waals surface area contributed by atoms with Crippen LogP contribution in [0, 0.1) is 5.92 Å². The first-order chi connectivity index (χ1) is 9.04. The summed E-state index contributed by atoms with van der Waals surface area (Å²) in [5.74, 6) is 0.691. The lowest BCUT2D eigenvalue weighted by molar-refractivity contribution is -0.144. The molecule has 5 heteroatoms. The van der Waals surface area contributed by atoms with Crippen molar-refractivity contribution in [2.24, 2.45) is 5.92 Å². The van der Waals surface area contributed by atoms with E-state index < -0.39 is 0 Å². The topological polar surface area (TPSA) is 53.0 Å². The van der Waals surface area contributed by atoms with Gasteiger partial charge in [-0.15, -0.1) is 0 Å². The minimum Gasteiger partial charge on any atom is -0.395 e. The minimum absolute atomic E-state index is 0.0902. The van der Waals surface area contributed by atoms with Crippen molar-refractivity contribution in [3.05, 3.63) is 0 Å². The van der Waals surface area contributed by atoms with Crippen LogP contribution < -0.4 is 0 Å². The van der Waals surface area contributed by atoms with E-state index >= 15 is 0 Å². The molecule has 0 radical (unpaired) electrons. The summed E-state index contributed by atoms with van der Waals surface area (Å²) < 4.78 is 5.60. The molecular formula is C14H28N2O3. The van der Waals surface area contributed by atoms with Gasteiger partial charge in [0.15, 0.2) is 0 Å². The van der Waals surface area contributed by atoms with Gasteiger partial charge in [-0.25, -0.2) is 0 Å². The molecule has 1 atom stereocenters. The first-order valence-electron chi connectivity index (χ1n) is 7.28. The van der Waals surface area contributed by atoms with Crippen LogP contribution in [0.5, 0.6) is 0 Å². The Morgan fingerprint density at radius 2 is 1.84 bits per heavy atom. The van der Waals surface area contributed by atoms with E-state index in [1.807, 2.05) is 11.8 Å². The van der Waals surface area contributed by atoms with Gasteiger partial charge in [0, 0.05) is 39.3 Å². The highest BCUT2D eigenvalue weighted by Gasteiger charge is 2.24. The number of hydrogen-bond acceptors (Lipinski definition) is 4. The molecule has 0 aliphatic carbocycles. The molecule has 1 fully saturated rings. The second-order valence-electron chi connectivity index (χ2n) is 5.59. The van der Waals surface area contributed by atoms with Crippen molar-refractivity contribution in [3.8, 4) is 0 Å². The van der Waals surface area contributed by atoms with Gasteiger partial charge in [-0.1, -0.05) is 13.8 Å². The third-order valence-corrected chi connectivity index (χ3v) is 3.51. The van der Waals surface area contributed by atoms with Crippen molar-refractivity contribution in [1.82, 2.24) is 9.80 Å². The normalized spacial score (nSPS) is 18.9. The predicted octanol–water partition coefficient (Wildman–Crippen LogP) is 0.574. The molecule has 1 N–H and O–H groups in total. The summed E-state index contributed by atoms with van der Waals surface area (Å²) in [6.07, 6.45) is 0.644. The highest BCUT2D eigenvalue weighted by Crippen LogP contribution is 2.07. The summed E-state index contributed by atoms with van der Waals surface area (Å²) in [6, 6.07) is 0. The molecular weight excluding hydrogens is 244 g/mol. The summed E-state index contributed by atoms with van der Waals surface area (Å²) in [5, 5.41) is 8.88. The fourth-order valence-electron chi connectivity index (χ4n) is 2.14. The first kappa shape index (κ1) is 16.4. The number of aliphatic hydroxyl groups excluding tert-OH is 1. The van der Waals surface area contributed by atoms with Gasteiger partial charge in [0.2, 0.25) is 0 Å². The number of β-amino-alcohol motifs (C(OH)–C–C–N with tert-alkyl or cyclic N) is 1. The molecule has 1 aliphatic rings. The van der Waals surface area contributed by atoms with Crippen LogP contribution in [0.1, 0.15) is 27.2 Å². The molecule has 1 saturated heterocycles. The van der Waals surface area contributed by atoms with Gasteiger partial charge in [0.05, 0.1) is 6.61 Å². The lowest BCUT2D eigenvalue weighted by atomic mass is 10.1. The largest absolute Gasteiger partial charge is 0.395 e. The highest BCUT2D eigenvalue weighted by molar-refractivity contribution is 5.80. The maximum Gasteiger partial charge on any atom is 0.251 e. The summed E-state index contributed by atoms with van der Waals surface area (Å²) >= 11 is 0. The number of aliphatic hydroxyl groups is 1. The van der Waals surface area contributed by atoms with E-state index in [0.717, 1.165) is 32.6 Å². The Bertz CT molecular complexity index is 263. The fourth-order valence-corrected chi connectivity index (χ4v) is 2.14. The number of nitrogens with zero attached hydrogens (tertiary/aromatic N) is 2. The lowest BCUT2D eigenvalue weighted by Crippen LogP contribution is -2.51. The SMILES string of the molecule is CC(C)CCOC(C)C(=O)N1CCN(CCO)CC1. The third-order valence-electron chi connectivity index (χ3n) is 3.51. The molecule has 0 aromatic rings. The summed E-state index contributed by atoms with van der Waals surface area (Å²) in [6.45, 7) is 10.8. The Labute approximate surface area is 116 Å². The predicted molar refractivity (Wildman–Crippen MR) is 75.0 cm³/mol. The number of amides is 1. The Morgan fingerprint density at radius 3 is 2.37 bits per heavy atom. The molecule has 1 amide bonds. The molecule has 19 heavy (non-hydrogen) atoms. The quantitative estimate of drug-likeness (QED) is 0.736. The van der Waals surface area contributed by atoms with E-state index in [0.29, 0.717) is 19.1 Å². The molecule has 112 valence electrons. The van der Waals surface area contributed by atoms with E-state index in [4.69, 9.17) is 9.84 Å². The maximum absolute atomic E-state index is 12.2. The van der Waals surface area contributed by atoms with Crippen molar-refractivity contribution in [2.75, 3.05) is 45.9 Å². The van der Waals surface area contributed by atoms with Crippen LogP contribution >= 0.6 is 0 Å². The van der Waals surface area contributed by atoms with Gasteiger partial charge in [0.25, 0.3) is 5.91 Å². The van der Waals surface area contributed by atoms with Crippen LogP contribution in [0.3, 0.4) is 0 Å². The zero-order chi connectivity index (χ0) is 14.3. The van der Waals surface area contributed by atoms with Gasteiger partial charge in [0.1, 0.15) is 6.10 Å². The average molecular weight is 272 g/mol. The zero-order valence-electron chi connectivity index (χ0n) is 12.5. The highest BCUT2D eigenvalue weighted by atomic mass is 16.5. The van der Waals surface area contributed by atoms with Crippen LogP contribution in [-0.4, -0.2) is 72.9 Å². The molecule has 1 unspecified atom stereocenters. The van der Waals surface area contributed by atoms with Crippen LogP contribution in [0.25, 0.3) is 0 Å². The monoisotopic (exact) mass is 272 g/mol. The zero-order valence-corrected chi connectivity index (χ0v) is 12.5. The molecule has 5 nitrogen and oxygen atoms in total. The molecule has 1 heterocycles. The molecule has 0 saturated carbocycles. The van der Waals surface area contributed by atoms with Gasteiger partial charge in [-0.2, -0.15) is 0 Å². The van der Waals surface area contributed by atoms with Crippen molar-refractivity contribution in [3.63, 3.8) is 0 Å². The number of hydrogen-bond donors (Lipinski definition) is 1. The molecule has 0 aromatic carbocycles. The maximum atomic E-state index is 12.2.